The Morgan fingerprint density at radius 1 is 1.18 bits per heavy atom. The summed E-state index contributed by atoms with van der Waals surface area (Å²) >= 11 is 1.13. The topological polar surface area (TPSA) is 82.5 Å². The molecule has 3 aromatic rings. The van der Waals surface area contributed by atoms with Crippen LogP contribution >= 0.6 is 11.8 Å². The van der Waals surface area contributed by atoms with Crippen molar-refractivity contribution in [3.8, 4) is 17.8 Å². The summed E-state index contributed by atoms with van der Waals surface area (Å²) in [5.74, 6) is -1.77. The first-order chi connectivity index (χ1) is 13.5. The van der Waals surface area contributed by atoms with Gasteiger partial charge in [0.1, 0.15) is 11.6 Å². The Balaban J connectivity index is 2.11. The smallest absolute Gasteiger partial charge is 0.266 e. The predicted octanol–water partition coefficient (Wildman–Crippen LogP) is 4.20. The molecule has 0 spiro atoms. The Bertz CT molecular complexity index is 1160. The number of halogens is 2. The van der Waals surface area contributed by atoms with Crippen LogP contribution in [0.5, 0.6) is 0 Å². The number of benzene rings is 2. The largest absolute Gasteiger partial charge is 0.268 e. The lowest BCUT2D eigenvalue weighted by atomic mass is 10.1. The first kappa shape index (κ1) is 19.5. The average molecular weight is 396 g/mol. The molecule has 0 aliphatic rings. The highest BCUT2D eigenvalue weighted by Gasteiger charge is 2.18. The van der Waals surface area contributed by atoms with Crippen molar-refractivity contribution in [3.63, 3.8) is 0 Å². The lowest BCUT2D eigenvalue weighted by molar-refractivity contribution is 0.572. The molecule has 0 radical (unpaired) electrons. The lowest BCUT2D eigenvalue weighted by Crippen LogP contribution is -2.23. The summed E-state index contributed by atoms with van der Waals surface area (Å²) in [6.45, 7) is 0. The molecule has 1 heterocycles. The third kappa shape index (κ3) is 4.03. The van der Waals surface area contributed by atoms with Crippen LogP contribution in [0.3, 0.4) is 0 Å². The molecule has 0 aliphatic heterocycles. The molecular formula is C20H14F2N4OS. The van der Waals surface area contributed by atoms with Gasteiger partial charge in [0, 0.05) is 18.2 Å². The minimum atomic E-state index is -0.887. The Morgan fingerprint density at radius 3 is 2.68 bits per heavy atom. The Hall–Kier alpha value is -3.23. The number of hydrogen-bond acceptors (Lipinski definition) is 5. The molecule has 1 aromatic heterocycles. The molecule has 1 atom stereocenters. The van der Waals surface area contributed by atoms with Crippen LogP contribution < -0.4 is 5.56 Å². The van der Waals surface area contributed by atoms with Crippen LogP contribution in [0.4, 0.5) is 8.78 Å². The number of para-hydroxylation sites is 1. The number of nitriles is 2. The van der Waals surface area contributed by atoms with Gasteiger partial charge in [-0.1, -0.05) is 23.9 Å². The maximum atomic E-state index is 14.4. The van der Waals surface area contributed by atoms with Crippen molar-refractivity contribution in [2.24, 2.45) is 5.92 Å². The van der Waals surface area contributed by atoms with Gasteiger partial charge >= 0.3 is 0 Å². The number of fused-ring (bicyclic) bond motifs is 1. The summed E-state index contributed by atoms with van der Waals surface area (Å²) < 4.78 is 28.8. The van der Waals surface area contributed by atoms with Gasteiger partial charge in [-0.25, -0.2) is 13.8 Å². The molecule has 0 saturated heterocycles. The second-order valence-electron chi connectivity index (χ2n) is 5.98. The van der Waals surface area contributed by atoms with Crippen LogP contribution in [0.2, 0.25) is 0 Å². The summed E-state index contributed by atoms with van der Waals surface area (Å²) in [4.78, 5) is 17.5. The molecular weight excluding hydrogens is 382 g/mol. The third-order valence-corrected chi connectivity index (χ3v) is 5.20. The van der Waals surface area contributed by atoms with Crippen LogP contribution in [0.25, 0.3) is 16.6 Å². The lowest BCUT2D eigenvalue weighted by Gasteiger charge is -2.15. The SMILES string of the molecule is N#CCC[C@H](C#N)CSc1nc2ccccc2c(=O)n1-c1ccc(F)cc1F. The quantitative estimate of drug-likeness (QED) is 0.461. The Morgan fingerprint density at radius 2 is 1.96 bits per heavy atom. The highest BCUT2D eigenvalue weighted by molar-refractivity contribution is 7.99. The van der Waals surface area contributed by atoms with Crippen LogP contribution in [0.15, 0.2) is 52.4 Å². The fraction of sp³-hybridized carbons (Fsp3) is 0.200. The number of hydrogen-bond donors (Lipinski definition) is 0. The summed E-state index contributed by atoms with van der Waals surface area (Å²) in [5, 5.41) is 18.5. The van der Waals surface area contributed by atoms with Gasteiger partial charge in [0.15, 0.2) is 5.16 Å². The third-order valence-electron chi connectivity index (χ3n) is 4.10. The van der Waals surface area contributed by atoms with Crippen molar-refractivity contribution in [1.29, 1.82) is 10.5 Å². The van der Waals surface area contributed by atoms with Gasteiger partial charge in [-0.3, -0.25) is 9.36 Å². The molecule has 5 nitrogen and oxygen atoms in total. The van der Waals surface area contributed by atoms with Crippen molar-refractivity contribution in [2.75, 3.05) is 5.75 Å². The van der Waals surface area contributed by atoms with Crippen LogP contribution in [-0.4, -0.2) is 15.3 Å². The Labute approximate surface area is 163 Å². The second kappa shape index (κ2) is 8.64. The van der Waals surface area contributed by atoms with Crippen LogP contribution in [0.1, 0.15) is 12.8 Å². The molecule has 0 aliphatic carbocycles. The molecule has 0 fully saturated rings. The highest BCUT2D eigenvalue weighted by atomic mass is 32.2. The van der Waals surface area contributed by atoms with E-state index >= 15 is 0 Å². The zero-order valence-electron chi connectivity index (χ0n) is 14.6. The summed E-state index contributed by atoms with van der Waals surface area (Å²) in [6.07, 6.45) is 0.631. The number of rotatable bonds is 6. The van der Waals surface area contributed by atoms with E-state index in [1.165, 1.54) is 6.07 Å². The monoisotopic (exact) mass is 396 g/mol. The Kier molecular flexibility index (Phi) is 6.03. The van der Waals surface area contributed by atoms with Gasteiger partial charge in [0.2, 0.25) is 0 Å². The second-order valence-corrected chi connectivity index (χ2v) is 6.97. The van der Waals surface area contributed by atoms with Crippen molar-refractivity contribution in [3.05, 3.63) is 64.5 Å². The van der Waals surface area contributed by atoms with E-state index in [4.69, 9.17) is 5.26 Å². The van der Waals surface area contributed by atoms with Gasteiger partial charge in [0.05, 0.1) is 34.6 Å². The highest BCUT2D eigenvalue weighted by Crippen LogP contribution is 2.25. The summed E-state index contributed by atoms with van der Waals surface area (Å²) in [7, 11) is 0. The zero-order valence-corrected chi connectivity index (χ0v) is 15.4. The van der Waals surface area contributed by atoms with E-state index in [1.807, 2.05) is 6.07 Å². The van der Waals surface area contributed by atoms with E-state index < -0.39 is 23.1 Å². The molecule has 0 amide bonds. The molecule has 3 rings (SSSR count). The fourth-order valence-corrected chi connectivity index (χ4v) is 3.75. The van der Waals surface area contributed by atoms with Crippen molar-refractivity contribution >= 4 is 22.7 Å². The number of aromatic nitrogens is 2. The molecule has 8 heteroatoms. The maximum absolute atomic E-state index is 14.4. The molecule has 140 valence electrons. The fourth-order valence-electron chi connectivity index (χ4n) is 2.68. The van der Waals surface area contributed by atoms with Crippen molar-refractivity contribution < 1.29 is 8.78 Å². The van der Waals surface area contributed by atoms with E-state index in [2.05, 4.69) is 11.1 Å². The maximum Gasteiger partial charge on any atom is 0.266 e. The first-order valence-corrected chi connectivity index (χ1v) is 9.40. The number of nitrogens with zero attached hydrogens (tertiary/aromatic N) is 4. The van der Waals surface area contributed by atoms with E-state index in [1.54, 1.807) is 24.3 Å². The first-order valence-electron chi connectivity index (χ1n) is 8.41. The van der Waals surface area contributed by atoms with E-state index in [9.17, 15) is 18.8 Å². The summed E-state index contributed by atoms with van der Waals surface area (Å²) in [5.41, 5.74) is -0.152. The average Bonchev–Trinajstić information content (AvgIpc) is 2.69. The minimum absolute atomic E-state index is 0.113. The predicted molar refractivity (Wildman–Crippen MR) is 102 cm³/mol. The van der Waals surface area contributed by atoms with Gasteiger partial charge in [-0.15, -0.1) is 0 Å². The van der Waals surface area contributed by atoms with Crippen LogP contribution in [0, 0.1) is 40.2 Å². The van der Waals surface area contributed by atoms with E-state index in [0.29, 0.717) is 23.4 Å². The van der Waals surface area contributed by atoms with Crippen LogP contribution in [-0.2, 0) is 0 Å². The number of thioether (sulfide) groups is 1. The molecule has 0 saturated carbocycles. The van der Waals surface area contributed by atoms with E-state index in [0.717, 1.165) is 22.4 Å². The van der Waals surface area contributed by atoms with E-state index in [-0.39, 0.29) is 23.0 Å². The molecule has 0 N–H and O–H groups in total. The summed E-state index contributed by atoms with van der Waals surface area (Å²) in [6, 6.07) is 13.7. The van der Waals surface area contributed by atoms with Gasteiger partial charge in [0.25, 0.3) is 5.56 Å². The molecule has 0 unspecified atom stereocenters. The van der Waals surface area contributed by atoms with Gasteiger partial charge in [-0.05, 0) is 30.7 Å². The van der Waals surface area contributed by atoms with Crippen molar-refractivity contribution in [1.82, 2.24) is 9.55 Å². The van der Waals surface area contributed by atoms with Gasteiger partial charge in [-0.2, -0.15) is 10.5 Å². The minimum Gasteiger partial charge on any atom is -0.268 e. The zero-order chi connectivity index (χ0) is 20.1. The molecule has 2 aromatic carbocycles. The molecule has 28 heavy (non-hydrogen) atoms. The van der Waals surface area contributed by atoms with Crippen molar-refractivity contribution in [2.45, 2.75) is 18.0 Å². The standard InChI is InChI=1S/C20H14F2N4OS/c21-14-7-8-18(16(22)10-14)26-19(27)15-5-1-2-6-17(15)25-20(26)28-12-13(11-24)4-3-9-23/h1-2,5-8,10,13H,3-4,12H2/t13-/m1/s1. The normalized spacial score (nSPS) is 11.7. The van der Waals surface area contributed by atoms with Gasteiger partial charge < -0.3 is 0 Å². The molecule has 0 bridgehead atoms.